The lowest BCUT2D eigenvalue weighted by atomic mass is 10.1. The Labute approximate surface area is 151 Å². The van der Waals surface area contributed by atoms with E-state index >= 15 is 0 Å². The number of methoxy groups -OCH3 is 1. The smallest absolute Gasteiger partial charge is 0.248 e. The highest BCUT2D eigenvalue weighted by Gasteiger charge is 2.24. The van der Waals surface area contributed by atoms with Gasteiger partial charge in [-0.1, -0.05) is 12.8 Å². The molecule has 6 nitrogen and oxygen atoms in total. The lowest BCUT2D eigenvalue weighted by molar-refractivity contribution is 0.100. The molecule has 0 radical (unpaired) electrons. The van der Waals surface area contributed by atoms with E-state index in [1.54, 1.807) is 24.3 Å². The van der Waals surface area contributed by atoms with Crippen LogP contribution in [0.5, 0.6) is 11.5 Å². The number of ether oxygens (including phenoxy) is 1. The lowest BCUT2D eigenvalue weighted by Crippen LogP contribution is -2.10. The van der Waals surface area contributed by atoms with Crippen molar-refractivity contribution in [3.8, 4) is 22.9 Å². The zero-order valence-electron chi connectivity index (χ0n) is 14.6. The van der Waals surface area contributed by atoms with E-state index in [1.807, 2.05) is 12.1 Å². The van der Waals surface area contributed by atoms with E-state index in [1.165, 1.54) is 20.0 Å². The van der Waals surface area contributed by atoms with E-state index in [9.17, 15) is 9.90 Å². The molecule has 1 heterocycles. The van der Waals surface area contributed by atoms with E-state index in [0.29, 0.717) is 17.4 Å². The summed E-state index contributed by atoms with van der Waals surface area (Å²) in [6.07, 6.45) is 4.60. The summed E-state index contributed by atoms with van der Waals surface area (Å²) in [5.74, 6) is 0.850. The molecule has 0 saturated heterocycles. The third-order valence-corrected chi connectivity index (χ3v) is 5.10. The van der Waals surface area contributed by atoms with Crippen molar-refractivity contribution in [2.45, 2.75) is 31.7 Å². The quantitative estimate of drug-likeness (QED) is 0.751. The first-order chi connectivity index (χ1) is 12.6. The van der Waals surface area contributed by atoms with Crippen LogP contribution in [-0.2, 0) is 0 Å². The van der Waals surface area contributed by atoms with Crippen LogP contribution in [0.4, 0.5) is 0 Å². The Balaban J connectivity index is 1.94. The predicted molar refractivity (Wildman–Crippen MR) is 99.4 cm³/mol. The van der Waals surface area contributed by atoms with Gasteiger partial charge in [0.15, 0.2) is 11.5 Å². The summed E-state index contributed by atoms with van der Waals surface area (Å²) in [6, 6.07) is 11.0. The van der Waals surface area contributed by atoms with Crippen LogP contribution in [0.15, 0.2) is 36.4 Å². The summed E-state index contributed by atoms with van der Waals surface area (Å²) in [5, 5.41) is 9.90. The van der Waals surface area contributed by atoms with E-state index in [-0.39, 0.29) is 5.75 Å². The fourth-order valence-electron chi connectivity index (χ4n) is 3.80. The molecule has 4 rings (SSSR count). The number of fused-ring (bicyclic) bond motifs is 1. The first-order valence-corrected chi connectivity index (χ1v) is 8.77. The van der Waals surface area contributed by atoms with Crippen LogP contribution in [0.25, 0.3) is 22.4 Å². The molecule has 1 saturated carbocycles. The summed E-state index contributed by atoms with van der Waals surface area (Å²) >= 11 is 0. The van der Waals surface area contributed by atoms with Crippen molar-refractivity contribution in [3.05, 3.63) is 42.0 Å². The standard InChI is InChI=1S/C20H21N3O3/c1-26-18-11-13(7-9-17(18)24)20-22-15-10-12(19(21)25)6-8-16(15)23(20)14-4-2-3-5-14/h6-11,14,24H,2-5H2,1H3,(H2,21,25). The normalized spacial score (nSPS) is 14.8. The second-order valence-corrected chi connectivity index (χ2v) is 6.70. The number of hydrogen-bond donors (Lipinski definition) is 2. The molecule has 0 spiro atoms. The molecule has 0 unspecified atom stereocenters. The molecule has 3 aromatic rings. The highest BCUT2D eigenvalue weighted by Crippen LogP contribution is 2.39. The largest absolute Gasteiger partial charge is 0.504 e. The van der Waals surface area contributed by atoms with Gasteiger partial charge >= 0.3 is 0 Å². The topological polar surface area (TPSA) is 90.4 Å². The Hall–Kier alpha value is -3.02. The molecule has 1 amide bonds. The molecular weight excluding hydrogens is 330 g/mol. The Morgan fingerprint density at radius 1 is 1.23 bits per heavy atom. The Kier molecular flexibility index (Phi) is 4.03. The zero-order valence-corrected chi connectivity index (χ0v) is 14.6. The van der Waals surface area contributed by atoms with Gasteiger partial charge in [0, 0.05) is 17.2 Å². The fraction of sp³-hybridized carbons (Fsp3) is 0.300. The molecule has 2 aromatic carbocycles. The van der Waals surface area contributed by atoms with Crippen molar-refractivity contribution >= 4 is 16.9 Å². The number of carbonyl (C=O) groups excluding carboxylic acids is 1. The number of amides is 1. The van der Waals surface area contributed by atoms with Crippen molar-refractivity contribution in [1.82, 2.24) is 9.55 Å². The molecular formula is C20H21N3O3. The Morgan fingerprint density at radius 3 is 2.69 bits per heavy atom. The number of aromatic hydroxyl groups is 1. The predicted octanol–water partition coefficient (Wildman–Crippen LogP) is 3.63. The highest BCUT2D eigenvalue weighted by atomic mass is 16.5. The number of aromatic nitrogens is 2. The van der Waals surface area contributed by atoms with Gasteiger partial charge in [-0.15, -0.1) is 0 Å². The maximum absolute atomic E-state index is 11.5. The van der Waals surface area contributed by atoms with Crippen LogP contribution >= 0.6 is 0 Å². The van der Waals surface area contributed by atoms with Gasteiger partial charge in [-0.25, -0.2) is 4.98 Å². The SMILES string of the molecule is COc1cc(-c2nc3cc(C(N)=O)ccc3n2C2CCCC2)ccc1O. The number of rotatable bonds is 4. The first kappa shape index (κ1) is 16.4. The van der Waals surface area contributed by atoms with Crippen molar-refractivity contribution in [3.63, 3.8) is 0 Å². The van der Waals surface area contributed by atoms with Gasteiger partial charge in [0.2, 0.25) is 5.91 Å². The van der Waals surface area contributed by atoms with Gasteiger partial charge in [-0.2, -0.15) is 0 Å². The van der Waals surface area contributed by atoms with Crippen LogP contribution < -0.4 is 10.5 Å². The van der Waals surface area contributed by atoms with Crippen LogP contribution in [0, 0.1) is 0 Å². The van der Waals surface area contributed by atoms with Gasteiger partial charge in [-0.3, -0.25) is 4.79 Å². The third kappa shape index (κ3) is 2.67. The van der Waals surface area contributed by atoms with Gasteiger partial charge < -0.3 is 20.1 Å². The summed E-state index contributed by atoms with van der Waals surface area (Å²) in [6.45, 7) is 0. The molecule has 1 aliphatic rings. The maximum atomic E-state index is 11.5. The number of phenols is 1. The average molecular weight is 351 g/mol. The minimum absolute atomic E-state index is 0.0933. The Morgan fingerprint density at radius 2 is 2.00 bits per heavy atom. The fourth-order valence-corrected chi connectivity index (χ4v) is 3.80. The molecule has 6 heteroatoms. The summed E-state index contributed by atoms with van der Waals surface area (Å²) in [7, 11) is 1.53. The number of benzene rings is 2. The van der Waals surface area contributed by atoms with E-state index in [2.05, 4.69) is 4.57 Å². The second-order valence-electron chi connectivity index (χ2n) is 6.70. The first-order valence-electron chi connectivity index (χ1n) is 8.77. The zero-order chi connectivity index (χ0) is 18.3. The van der Waals surface area contributed by atoms with E-state index in [4.69, 9.17) is 15.5 Å². The van der Waals surface area contributed by atoms with Crippen LogP contribution in [-0.4, -0.2) is 27.7 Å². The summed E-state index contributed by atoms with van der Waals surface area (Å²) < 4.78 is 7.50. The number of hydrogen-bond acceptors (Lipinski definition) is 4. The second kappa shape index (κ2) is 6.37. The van der Waals surface area contributed by atoms with E-state index in [0.717, 1.165) is 35.3 Å². The molecule has 1 fully saturated rings. The van der Waals surface area contributed by atoms with Crippen molar-refractivity contribution in [2.24, 2.45) is 5.73 Å². The van der Waals surface area contributed by atoms with Crippen molar-refractivity contribution < 1.29 is 14.6 Å². The molecule has 0 aliphatic heterocycles. The lowest BCUT2D eigenvalue weighted by Gasteiger charge is -2.17. The van der Waals surface area contributed by atoms with Crippen molar-refractivity contribution in [1.29, 1.82) is 0 Å². The maximum Gasteiger partial charge on any atom is 0.248 e. The number of primary amides is 1. The number of nitrogens with zero attached hydrogens (tertiary/aromatic N) is 2. The Bertz CT molecular complexity index is 987. The van der Waals surface area contributed by atoms with Crippen LogP contribution in [0.1, 0.15) is 42.1 Å². The monoisotopic (exact) mass is 351 g/mol. The van der Waals surface area contributed by atoms with E-state index < -0.39 is 5.91 Å². The van der Waals surface area contributed by atoms with Gasteiger partial charge in [0.25, 0.3) is 0 Å². The van der Waals surface area contributed by atoms with Crippen LogP contribution in [0.2, 0.25) is 0 Å². The third-order valence-electron chi connectivity index (χ3n) is 5.10. The molecule has 3 N–H and O–H groups in total. The number of carbonyl (C=O) groups is 1. The molecule has 0 bridgehead atoms. The average Bonchev–Trinajstić information content (AvgIpc) is 3.28. The minimum Gasteiger partial charge on any atom is -0.504 e. The van der Waals surface area contributed by atoms with Gasteiger partial charge in [0.1, 0.15) is 5.82 Å². The minimum atomic E-state index is -0.463. The summed E-state index contributed by atoms with van der Waals surface area (Å²) in [4.78, 5) is 16.3. The molecule has 26 heavy (non-hydrogen) atoms. The van der Waals surface area contributed by atoms with Crippen LogP contribution in [0.3, 0.4) is 0 Å². The molecule has 1 aromatic heterocycles. The highest BCUT2D eigenvalue weighted by molar-refractivity contribution is 5.96. The van der Waals surface area contributed by atoms with Crippen molar-refractivity contribution in [2.75, 3.05) is 7.11 Å². The number of nitrogens with two attached hydrogens (primary N) is 1. The van der Waals surface area contributed by atoms with Gasteiger partial charge in [0.05, 0.1) is 18.1 Å². The molecule has 1 aliphatic carbocycles. The van der Waals surface area contributed by atoms with Gasteiger partial charge in [-0.05, 0) is 49.2 Å². The number of phenolic OH excluding ortho intramolecular Hbond substituents is 1. The summed E-state index contributed by atoms with van der Waals surface area (Å²) in [5.41, 5.74) is 8.47. The number of imidazole rings is 1. The molecule has 134 valence electrons. The molecule has 0 atom stereocenters.